The van der Waals surface area contributed by atoms with E-state index in [1.54, 1.807) is 25.1 Å². The second-order valence-electron chi connectivity index (χ2n) is 4.78. The Kier molecular flexibility index (Phi) is 5.11. The van der Waals surface area contributed by atoms with Gasteiger partial charge in [-0.3, -0.25) is 4.79 Å². The molecule has 110 valence electrons. The Morgan fingerprint density at radius 3 is 2.52 bits per heavy atom. The average molecular weight is 306 g/mol. The number of amides is 1. The Morgan fingerprint density at radius 2 is 1.90 bits per heavy atom. The van der Waals surface area contributed by atoms with Gasteiger partial charge in [0.2, 0.25) is 11.8 Å². The summed E-state index contributed by atoms with van der Waals surface area (Å²) >= 11 is 5.80. The van der Waals surface area contributed by atoms with Gasteiger partial charge in [0.25, 0.3) is 0 Å². The van der Waals surface area contributed by atoms with E-state index in [9.17, 15) is 4.79 Å². The van der Waals surface area contributed by atoms with E-state index in [2.05, 4.69) is 10.2 Å². The lowest BCUT2D eigenvalue weighted by atomic mass is 10.1. The number of hydrogen-bond donors (Lipinski definition) is 0. The van der Waals surface area contributed by atoms with E-state index in [1.807, 2.05) is 24.3 Å². The first-order valence-electron chi connectivity index (χ1n) is 6.43. The van der Waals surface area contributed by atoms with Crippen LogP contribution in [-0.4, -0.2) is 35.1 Å². The minimum absolute atomic E-state index is 0.0770. The summed E-state index contributed by atoms with van der Waals surface area (Å²) in [6.07, 6.45) is 1.85. The van der Waals surface area contributed by atoms with Crippen molar-refractivity contribution in [2.24, 2.45) is 0 Å². The maximum atomic E-state index is 11.6. The van der Waals surface area contributed by atoms with Gasteiger partial charge in [0.15, 0.2) is 0 Å². The number of rotatable bonds is 5. The standard InChI is InChI=1S/C15H16ClN3O2/c1-19(2)15(20)7-11-3-5-12(6-4-11)10-21-14-8-13(16)9-17-18-14/h3-6,8-9H,7,10H2,1-2H3. The van der Waals surface area contributed by atoms with E-state index >= 15 is 0 Å². The number of hydrogen-bond acceptors (Lipinski definition) is 4. The molecule has 2 aromatic rings. The molecule has 0 saturated heterocycles. The van der Waals surface area contributed by atoms with E-state index in [1.165, 1.54) is 6.20 Å². The number of halogens is 1. The molecule has 0 atom stereocenters. The molecule has 1 amide bonds. The Labute approximate surface area is 128 Å². The van der Waals surface area contributed by atoms with Gasteiger partial charge in [-0.1, -0.05) is 35.9 Å². The quantitative estimate of drug-likeness (QED) is 0.851. The first-order valence-corrected chi connectivity index (χ1v) is 6.81. The maximum Gasteiger partial charge on any atom is 0.235 e. The van der Waals surface area contributed by atoms with Crippen molar-refractivity contribution < 1.29 is 9.53 Å². The largest absolute Gasteiger partial charge is 0.472 e. The van der Waals surface area contributed by atoms with Gasteiger partial charge in [0, 0.05) is 20.2 Å². The monoisotopic (exact) mass is 305 g/mol. The number of benzene rings is 1. The highest BCUT2D eigenvalue weighted by atomic mass is 35.5. The van der Waals surface area contributed by atoms with Crippen LogP contribution in [0.5, 0.6) is 5.88 Å². The Morgan fingerprint density at radius 1 is 1.24 bits per heavy atom. The Balaban J connectivity index is 1.92. The fourth-order valence-corrected chi connectivity index (χ4v) is 1.78. The topological polar surface area (TPSA) is 55.3 Å². The van der Waals surface area contributed by atoms with Crippen LogP contribution in [0.25, 0.3) is 0 Å². The molecular weight excluding hydrogens is 290 g/mol. The van der Waals surface area contributed by atoms with Crippen LogP contribution in [0.1, 0.15) is 11.1 Å². The van der Waals surface area contributed by atoms with Gasteiger partial charge in [-0.25, -0.2) is 0 Å². The summed E-state index contributed by atoms with van der Waals surface area (Å²) in [7, 11) is 3.49. The van der Waals surface area contributed by atoms with Crippen LogP contribution in [0.4, 0.5) is 0 Å². The van der Waals surface area contributed by atoms with E-state index in [0.29, 0.717) is 23.9 Å². The van der Waals surface area contributed by atoms with Crippen molar-refractivity contribution in [3.05, 3.63) is 52.7 Å². The van der Waals surface area contributed by atoms with Crippen molar-refractivity contribution in [2.75, 3.05) is 14.1 Å². The van der Waals surface area contributed by atoms with Gasteiger partial charge in [0.1, 0.15) is 6.61 Å². The van der Waals surface area contributed by atoms with Gasteiger partial charge in [0.05, 0.1) is 17.6 Å². The molecular formula is C15H16ClN3O2. The Bertz CT molecular complexity index is 615. The minimum Gasteiger partial charge on any atom is -0.472 e. The molecule has 6 heteroatoms. The third kappa shape index (κ3) is 4.72. The fourth-order valence-electron chi connectivity index (χ4n) is 1.64. The molecule has 0 spiro atoms. The van der Waals surface area contributed by atoms with Crippen molar-refractivity contribution in [3.8, 4) is 5.88 Å². The number of ether oxygens (including phenoxy) is 1. The third-order valence-electron chi connectivity index (χ3n) is 2.86. The van der Waals surface area contributed by atoms with Crippen LogP contribution in [0, 0.1) is 0 Å². The van der Waals surface area contributed by atoms with E-state index in [4.69, 9.17) is 16.3 Å². The van der Waals surface area contributed by atoms with Crippen LogP contribution < -0.4 is 4.74 Å². The van der Waals surface area contributed by atoms with Crippen molar-refractivity contribution in [1.29, 1.82) is 0 Å². The first-order chi connectivity index (χ1) is 10.0. The van der Waals surface area contributed by atoms with Crippen molar-refractivity contribution in [1.82, 2.24) is 15.1 Å². The van der Waals surface area contributed by atoms with Gasteiger partial charge >= 0.3 is 0 Å². The fraction of sp³-hybridized carbons (Fsp3) is 0.267. The lowest BCUT2D eigenvalue weighted by Gasteiger charge is -2.10. The zero-order valence-electron chi connectivity index (χ0n) is 11.9. The molecule has 0 N–H and O–H groups in total. The van der Waals surface area contributed by atoms with Crippen LogP contribution >= 0.6 is 11.6 Å². The summed E-state index contributed by atoms with van der Waals surface area (Å²) < 4.78 is 5.50. The number of likely N-dealkylation sites (N-methyl/N-ethyl adjacent to an activating group) is 1. The first kappa shape index (κ1) is 15.3. The molecule has 0 aliphatic rings. The molecule has 0 bridgehead atoms. The molecule has 1 aromatic heterocycles. The van der Waals surface area contributed by atoms with Crippen LogP contribution in [-0.2, 0) is 17.8 Å². The predicted octanol–water partition coefficient (Wildman–Crippen LogP) is 2.34. The molecule has 0 saturated carbocycles. The van der Waals surface area contributed by atoms with Gasteiger partial charge in [-0.15, -0.1) is 5.10 Å². The number of aromatic nitrogens is 2. The van der Waals surface area contributed by atoms with Crippen LogP contribution in [0.3, 0.4) is 0 Å². The van der Waals surface area contributed by atoms with Crippen molar-refractivity contribution >= 4 is 17.5 Å². The summed E-state index contributed by atoms with van der Waals surface area (Å²) in [5.41, 5.74) is 1.96. The lowest BCUT2D eigenvalue weighted by Crippen LogP contribution is -2.23. The molecule has 5 nitrogen and oxygen atoms in total. The minimum atomic E-state index is 0.0770. The zero-order chi connectivity index (χ0) is 15.2. The van der Waals surface area contributed by atoms with E-state index < -0.39 is 0 Å². The smallest absolute Gasteiger partial charge is 0.235 e. The van der Waals surface area contributed by atoms with Crippen molar-refractivity contribution in [2.45, 2.75) is 13.0 Å². The van der Waals surface area contributed by atoms with E-state index in [-0.39, 0.29) is 5.91 Å². The second-order valence-corrected chi connectivity index (χ2v) is 5.22. The zero-order valence-corrected chi connectivity index (χ0v) is 12.7. The van der Waals surface area contributed by atoms with E-state index in [0.717, 1.165) is 11.1 Å². The number of carbonyl (C=O) groups excluding carboxylic acids is 1. The second kappa shape index (κ2) is 7.04. The summed E-state index contributed by atoms with van der Waals surface area (Å²) in [6, 6.07) is 9.30. The van der Waals surface area contributed by atoms with Crippen molar-refractivity contribution in [3.63, 3.8) is 0 Å². The molecule has 21 heavy (non-hydrogen) atoms. The molecule has 1 heterocycles. The van der Waals surface area contributed by atoms with Crippen LogP contribution in [0.15, 0.2) is 36.5 Å². The molecule has 0 aliphatic carbocycles. The predicted molar refractivity (Wildman–Crippen MR) is 80.2 cm³/mol. The molecule has 0 aliphatic heterocycles. The van der Waals surface area contributed by atoms with Gasteiger partial charge in [-0.05, 0) is 11.1 Å². The summed E-state index contributed by atoms with van der Waals surface area (Å²) in [5, 5.41) is 8.02. The summed E-state index contributed by atoms with van der Waals surface area (Å²) in [4.78, 5) is 13.2. The molecule has 0 fully saturated rings. The van der Waals surface area contributed by atoms with Gasteiger partial charge in [-0.2, -0.15) is 5.10 Å². The number of carbonyl (C=O) groups is 1. The third-order valence-corrected chi connectivity index (χ3v) is 3.07. The average Bonchev–Trinajstić information content (AvgIpc) is 2.46. The molecule has 2 rings (SSSR count). The normalized spacial score (nSPS) is 10.2. The molecule has 0 unspecified atom stereocenters. The van der Waals surface area contributed by atoms with Crippen LogP contribution in [0.2, 0.25) is 5.02 Å². The highest BCUT2D eigenvalue weighted by Gasteiger charge is 2.05. The SMILES string of the molecule is CN(C)C(=O)Cc1ccc(COc2cc(Cl)cnn2)cc1. The highest BCUT2D eigenvalue weighted by molar-refractivity contribution is 6.30. The lowest BCUT2D eigenvalue weighted by molar-refractivity contribution is -0.127. The molecule has 0 radical (unpaired) electrons. The van der Waals surface area contributed by atoms with Gasteiger partial charge < -0.3 is 9.64 Å². The molecule has 1 aromatic carbocycles. The maximum absolute atomic E-state index is 11.6. The summed E-state index contributed by atoms with van der Waals surface area (Å²) in [5.74, 6) is 0.461. The number of nitrogens with zero attached hydrogens (tertiary/aromatic N) is 3. The highest BCUT2D eigenvalue weighted by Crippen LogP contribution is 2.14. The Hall–Kier alpha value is -2.14. The summed E-state index contributed by atoms with van der Waals surface area (Å²) in [6.45, 7) is 0.372.